The van der Waals surface area contributed by atoms with Gasteiger partial charge in [-0.05, 0) is 61.7 Å². The van der Waals surface area contributed by atoms with Crippen LogP contribution in [0.4, 0.5) is 4.39 Å². The first-order valence-corrected chi connectivity index (χ1v) is 12.2. The van der Waals surface area contributed by atoms with E-state index in [0.29, 0.717) is 35.4 Å². The Morgan fingerprint density at radius 1 is 1.08 bits per heavy atom. The normalized spacial score (nSPS) is 14.9. The second kappa shape index (κ2) is 11.0. The fourth-order valence-electron chi connectivity index (χ4n) is 4.12. The molecule has 1 aromatic heterocycles. The van der Waals surface area contributed by atoms with Gasteiger partial charge >= 0.3 is 0 Å². The van der Waals surface area contributed by atoms with Gasteiger partial charge in [0.1, 0.15) is 17.3 Å². The highest BCUT2D eigenvalue weighted by Gasteiger charge is 2.35. The van der Waals surface area contributed by atoms with Crippen molar-refractivity contribution in [2.45, 2.75) is 33.6 Å². The number of halogens is 1. The molecule has 1 aliphatic rings. The van der Waals surface area contributed by atoms with E-state index in [9.17, 15) is 19.2 Å². The summed E-state index contributed by atoms with van der Waals surface area (Å²) in [5, 5.41) is 14.3. The summed E-state index contributed by atoms with van der Waals surface area (Å²) in [4.78, 5) is 27.1. The summed E-state index contributed by atoms with van der Waals surface area (Å²) in [6.07, 6.45) is 4.67. The number of carbonyl (C=O) groups excluding carboxylic acids is 2. The van der Waals surface area contributed by atoms with E-state index in [1.807, 2.05) is 50.2 Å². The van der Waals surface area contributed by atoms with Crippen molar-refractivity contribution < 1.29 is 18.7 Å². The van der Waals surface area contributed by atoms with Crippen LogP contribution in [0, 0.1) is 17.1 Å². The highest BCUT2D eigenvalue weighted by Crippen LogP contribution is 2.32. The number of imide groups is 1. The van der Waals surface area contributed by atoms with Crippen LogP contribution in [0.5, 0.6) is 5.75 Å². The minimum absolute atomic E-state index is 0.0697. The molecule has 2 heterocycles. The second-order valence-corrected chi connectivity index (χ2v) is 8.64. The lowest BCUT2D eigenvalue weighted by Crippen LogP contribution is -2.43. The van der Waals surface area contributed by atoms with Crippen LogP contribution in [-0.4, -0.2) is 39.6 Å². The first-order valence-electron chi connectivity index (χ1n) is 12.2. The molecule has 2 amide bonds. The molecule has 0 unspecified atom stereocenters. The smallest absolute Gasteiger partial charge is 0.271 e. The van der Waals surface area contributed by atoms with Crippen LogP contribution < -0.4 is 4.74 Å². The lowest BCUT2D eigenvalue weighted by atomic mass is 9.93. The van der Waals surface area contributed by atoms with E-state index in [4.69, 9.17) is 9.84 Å². The van der Waals surface area contributed by atoms with Crippen molar-refractivity contribution in [2.24, 2.45) is 0 Å². The van der Waals surface area contributed by atoms with Gasteiger partial charge < -0.3 is 4.74 Å². The van der Waals surface area contributed by atoms with E-state index >= 15 is 0 Å². The van der Waals surface area contributed by atoms with E-state index in [-0.39, 0.29) is 23.4 Å². The maximum absolute atomic E-state index is 14.9. The molecule has 8 heteroatoms. The third-order valence-corrected chi connectivity index (χ3v) is 6.00. The Balaban J connectivity index is 1.89. The van der Waals surface area contributed by atoms with E-state index in [2.05, 4.69) is 0 Å². The lowest BCUT2D eigenvalue weighted by Gasteiger charge is -2.27. The summed E-state index contributed by atoms with van der Waals surface area (Å²) in [6.45, 7) is 5.99. The number of hydrogen-bond acceptors (Lipinski definition) is 5. The van der Waals surface area contributed by atoms with Gasteiger partial charge in [0.2, 0.25) is 0 Å². The SMILES string of the molecule is CCCOc1ccc(-c2nn(-c3ccccc3)cc2/C=C2/C(=O)N(CCC)C(=O)C(C#N)=C2C)cc1F. The van der Waals surface area contributed by atoms with Gasteiger partial charge in [-0.3, -0.25) is 14.5 Å². The molecule has 0 fully saturated rings. The fraction of sp³-hybridized carbons (Fsp3) is 0.241. The zero-order valence-corrected chi connectivity index (χ0v) is 21.0. The highest BCUT2D eigenvalue weighted by molar-refractivity contribution is 6.19. The largest absolute Gasteiger partial charge is 0.491 e. The van der Waals surface area contributed by atoms with Crippen LogP contribution in [0.15, 0.2) is 71.4 Å². The number of aromatic nitrogens is 2. The Kier molecular flexibility index (Phi) is 7.63. The molecule has 2 aromatic carbocycles. The number of para-hydroxylation sites is 1. The number of nitrogens with zero attached hydrogens (tertiary/aromatic N) is 4. The minimum atomic E-state index is -0.589. The average Bonchev–Trinajstić information content (AvgIpc) is 3.33. The number of amides is 2. The first kappa shape index (κ1) is 25.6. The predicted molar refractivity (Wildman–Crippen MR) is 138 cm³/mol. The zero-order valence-electron chi connectivity index (χ0n) is 21.0. The summed E-state index contributed by atoms with van der Waals surface area (Å²) >= 11 is 0. The molecule has 1 aliphatic heterocycles. The molecule has 0 aliphatic carbocycles. The molecule has 7 nitrogen and oxygen atoms in total. The summed E-state index contributed by atoms with van der Waals surface area (Å²) in [5.74, 6) is -1.43. The Hall–Kier alpha value is -4.51. The van der Waals surface area contributed by atoms with Crippen molar-refractivity contribution >= 4 is 17.9 Å². The third-order valence-electron chi connectivity index (χ3n) is 6.00. The third kappa shape index (κ3) is 5.07. The van der Waals surface area contributed by atoms with Gasteiger partial charge in [0, 0.05) is 29.4 Å². The fourth-order valence-corrected chi connectivity index (χ4v) is 4.12. The molecule has 188 valence electrons. The molecule has 37 heavy (non-hydrogen) atoms. The number of nitriles is 1. The maximum Gasteiger partial charge on any atom is 0.271 e. The van der Waals surface area contributed by atoms with Crippen molar-refractivity contribution in [3.05, 3.63) is 82.8 Å². The quantitative estimate of drug-likeness (QED) is 0.304. The Labute approximate surface area is 215 Å². The second-order valence-electron chi connectivity index (χ2n) is 8.64. The van der Waals surface area contributed by atoms with Crippen LogP contribution >= 0.6 is 0 Å². The van der Waals surface area contributed by atoms with Crippen LogP contribution in [0.3, 0.4) is 0 Å². The molecule has 3 aromatic rings. The van der Waals surface area contributed by atoms with Crippen LogP contribution in [0.2, 0.25) is 0 Å². The number of hydrogen-bond donors (Lipinski definition) is 0. The lowest BCUT2D eigenvalue weighted by molar-refractivity contribution is -0.140. The molecule has 4 rings (SSSR count). The maximum atomic E-state index is 14.9. The van der Waals surface area contributed by atoms with Crippen molar-refractivity contribution in [3.8, 4) is 28.8 Å². The first-order chi connectivity index (χ1) is 17.9. The van der Waals surface area contributed by atoms with Crippen LogP contribution in [0.25, 0.3) is 23.0 Å². The van der Waals surface area contributed by atoms with E-state index in [1.165, 1.54) is 6.07 Å². The van der Waals surface area contributed by atoms with E-state index in [1.54, 1.807) is 36.0 Å². The summed E-state index contributed by atoms with van der Waals surface area (Å²) in [7, 11) is 0. The van der Waals surface area contributed by atoms with Gasteiger partial charge in [0.15, 0.2) is 11.6 Å². The van der Waals surface area contributed by atoms with Crippen molar-refractivity contribution in [2.75, 3.05) is 13.2 Å². The number of ether oxygens (including phenoxy) is 1. The molecule has 0 N–H and O–H groups in total. The zero-order chi connectivity index (χ0) is 26.5. The van der Waals surface area contributed by atoms with Crippen molar-refractivity contribution in [3.63, 3.8) is 0 Å². The van der Waals surface area contributed by atoms with Crippen molar-refractivity contribution in [1.29, 1.82) is 5.26 Å². The van der Waals surface area contributed by atoms with Crippen molar-refractivity contribution in [1.82, 2.24) is 14.7 Å². The minimum Gasteiger partial charge on any atom is -0.491 e. The van der Waals surface area contributed by atoms with E-state index in [0.717, 1.165) is 17.0 Å². The Morgan fingerprint density at radius 3 is 2.49 bits per heavy atom. The van der Waals surface area contributed by atoms with Crippen LogP contribution in [-0.2, 0) is 9.59 Å². The molecule has 0 radical (unpaired) electrons. The van der Waals surface area contributed by atoms with Crippen LogP contribution in [0.1, 0.15) is 39.2 Å². The standard InChI is InChI=1S/C29H27FN4O3/c1-4-13-33-28(35)23(19(3)24(17-31)29(33)36)15-21-18-34(22-9-7-6-8-10-22)32-27(21)20-11-12-26(25(30)16-20)37-14-5-2/h6-12,15-16,18H,4-5,13-14H2,1-3H3/b23-15+. The van der Waals surface area contributed by atoms with Gasteiger partial charge in [-0.1, -0.05) is 32.0 Å². The van der Waals surface area contributed by atoms with Gasteiger partial charge in [0.25, 0.3) is 11.8 Å². The topological polar surface area (TPSA) is 88.2 Å². The summed E-state index contributed by atoms with van der Waals surface area (Å²) < 4.78 is 22.0. The summed E-state index contributed by atoms with van der Waals surface area (Å²) in [6, 6.07) is 16.0. The van der Waals surface area contributed by atoms with Gasteiger partial charge in [-0.2, -0.15) is 10.4 Å². The predicted octanol–water partition coefficient (Wildman–Crippen LogP) is 5.47. The monoisotopic (exact) mass is 498 g/mol. The Bertz CT molecular complexity index is 1450. The van der Waals surface area contributed by atoms with Gasteiger partial charge in [-0.15, -0.1) is 0 Å². The molecule has 0 bridgehead atoms. The molecule has 0 atom stereocenters. The number of benzene rings is 2. The molecular formula is C29H27FN4O3. The highest BCUT2D eigenvalue weighted by atomic mass is 19.1. The number of carbonyl (C=O) groups is 2. The van der Waals surface area contributed by atoms with Gasteiger partial charge in [-0.25, -0.2) is 9.07 Å². The average molecular weight is 499 g/mol. The Morgan fingerprint density at radius 2 is 1.84 bits per heavy atom. The molecular weight excluding hydrogens is 471 g/mol. The van der Waals surface area contributed by atoms with E-state index < -0.39 is 17.6 Å². The van der Waals surface area contributed by atoms with Gasteiger partial charge in [0.05, 0.1) is 12.3 Å². The molecule has 0 saturated carbocycles. The summed E-state index contributed by atoms with van der Waals surface area (Å²) in [5.41, 5.74) is 2.71. The molecule has 0 spiro atoms. The number of rotatable bonds is 8. The molecule has 0 saturated heterocycles.